The van der Waals surface area contributed by atoms with Gasteiger partial charge in [-0.2, -0.15) is 5.10 Å². The van der Waals surface area contributed by atoms with Gasteiger partial charge in [0.1, 0.15) is 0 Å². The van der Waals surface area contributed by atoms with Gasteiger partial charge < -0.3 is 15.5 Å². The molecule has 7 heteroatoms. The highest BCUT2D eigenvalue weighted by molar-refractivity contribution is 5.80. The molecule has 1 aliphatic rings. The van der Waals surface area contributed by atoms with E-state index < -0.39 is 0 Å². The predicted octanol–water partition coefficient (Wildman–Crippen LogP) is 2.67. The molecule has 1 unspecified atom stereocenters. The van der Waals surface area contributed by atoms with Crippen molar-refractivity contribution in [3.63, 3.8) is 0 Å². The first-order valence-corrected chi connectivity index (χ1v) is 11.6. The molecule has 0 bridgehead atoms. The van der Waals surface area contributed by atoms with Crippen molar-refractivity contribution >= 4 is 11.9 Å². The minimum Gasteiger partial charge on any atom is -0.356 e. The Labute approximate surface area is 195 Å². The third-order valence-electron chi connectivity index (χ3n) is 5.95. The Morgan fingerprint density at radius 3 is 2.55 bits per heavy atom. The van der Waals surface area contributed by atoms with E-state index >= 15 is 0 Å². The van der Waals surface area contributed by atoms with Crippen LogP contribution in [0.2, 0.25) is 0 Å². The molecule has 0 aliphatic carbocycles. The molecule has 1 fully saturated rings. The zero-order chi connectivity index (χ0) is 22.9. The summed E-state index contributed by atoms with van der Waals surface area (Å²) in [7, 11) is 1.77. The summed E-state index contributed by atoms with van der Waals surface area (Å²) in [5.74, 6) is 1.31. The zero-order valence-corrected chi connectivity index (χ0v) is 19.2. The third-order valence-corrected chi connectivity index (χ3v) is 5.95. The molecule has 172 valence electrons. The van der Waals surface area contributed by atoms with Crippen LogP contribution in [0.15, 0.2) is 78.0 Å². The molecule has 2 heterocycles. The predicted molar refractivity (Wildman–Crippen MR) is 131 cm³/mol. The van der Waals surface area contributed by atoms with Gasteiger partial charge in [-0.1, -0.05) is 48.5 Å². The number of para-hydroxylation sites is 1. The maximum absolute atomic E-state index is 12.4. The van der Waals surface area contributed by atoms with E-state index in [2.05, 4.69) is 39.1 Å². The molecule has 1 aliphatic heterocycles. The van der Waals surface area contributed by atoms with Crippen molar-refractivity contribution in [1.29, 1.82) is 0 Å². The van der Waals surface area contributed by atoms with Gasteiger partial charge in [0.2, 0.25) is 5.91 Å². The number of hydrogen-bond acceptors (Lipinski definition) is 3. The lowest BCUT2D eigenvalue weighted by atomic mass is 10.1. The van der Waals surface area contributed by atoms with Crippen molar-refractivity contribution in [2.24, 2.45) is 10.9 Å². The molecule has 1 aromatic heterocycles. The van der Waals surface area contributed by atoms with E-state index in [0.29, 0.717) is 12.3 Å². The lowest BCUT2D eigenvalue weighted by molar-refractivity contribution is -0.127. The standard InChI is InChI=1S/C26H32N6O/c1-27-26(28-14-12-22-18-30-32(20-22)24-10-6-3-7-11-24)29-17-23-16-25(33)31(19-23)15-13-21-8-4-2-5-9-21/h2-11,18,20,23H,12-17,19H2,1H3,(H2,27,28,29). The second-order valence-electron chi connectivity index (χ2n) is 8.40. The van der Waals surface area contributed by atoms with Crippen LogP contribution in [0.3, 0.4) is 0 Å². The first-order chi connectivity index (χ1) is 16.2. The van der Waals surface area contributed by atoms with Gasteiger partial charge in [0, 0.05) is 51.8 Å². The summed E-state index contributed by atoms with van der Waals surface area (Å²) in [5.41, 5.74) is 3.49. The van der Waals surface area contributed by atoms with Crippen LogP contribution in [0.25, 0.3) is 5.69 Å². The number of guanidine groups is 1. The Morgan fingerprint density at radius 1 is 1.03 bits per heavy atom. The summed E-state index contributed by atoms with van der Waals surface area (Å²) in [6, 6.07) is 20.4. The maximum atomic E-state index is 12.4. The van der Waals surface area contributed by atoms with Gasteiger partial charge in [0.05, 0.1) is 11.9 Å². The number of carbonyl (C=O) groups is 1. The number of likely N-dealkylation sites (tertiary alicyclic amines) is 1. The number of rotatable bonds is 9. The van der Waals surface area contributed by atoms with Crippen LogP contribution in [-0.2, 0) is 17.6 Å². The van der Waals surface area contributed by atoms with Gasteiger partial charge >= 0.3 is 0 Å². The van der Waals surface area contributed by atoms with Crippen molar-refractivity contribution in [3.8, 4) is 5.69 Å². The first-order valence-electron chi connectivity index (χ1n) is 11.6. The van der Waals surface area contributed by atoms with Crippen molar-refractivity contribution in [2.45, 2.75) is 19.3 Å². The molecule has 2 N–H and O–H groups in total. The van der Waals surface area contributed by atoms with Crippen LogP contribution >= 0.6 is 0 Å². The average Bonchev–Trinajstić information content (AvgIpc) is 3.47. The molecule has 2 aromatic carbocycles. The van der Waals surface area contributed by atoms with E-state index in [9.17, 15) is 4.79 Å². The summed E-state index contributed by atoms with van der Waals surface area (Å²) in [5, 5.41) is 11.2. The van der Waals surface area contributed by atoms with E-state index in [-0.39, 0.29) is 5.91 Å². The van der Waals surface area contributed by atoms with Crippen LogP contribution in [0, 0.1) is 5.92 Å². The van der Waals surface area contributed by atoms with Gasteiger partial charge in [-0.15, -0.1) is 0 Å². The van der Waals surface area contributed by atoms with Crippen LogP contribution < -0.4 is 10.6 Å². The lowest BCUT2D eigenvalue weighted by Crippen LogP contribution is -2.41. The fourth-order valence-corrected chi connectivity index (χ4v) is 4.11. The molecule has 1 saturated heterocycles. The highest BCUT2D eigenvalue weighted by Gasteiger charge is 2.29. The van der Waals surface area contributed by atoms with Gasteiger partial charge in [-0.25, -0.2) is 4.68 Å². The lowest BCUT2D eigenvalue weighted by Gasteiger charge is -2.18. The Bertz CT molecular complexity index is 1050. The second kappa shape index (κ2) is 11.3. The van der Waals surface area contributed by atoms with Crippen LogP contribution in [0.1, 0.15) is 17.5 Å². The minimum absolute atomic E-state index is 0.246. The molecule has 0 radical (unpaired) electrons. The van der Waals surface area contributed by atoms with E-state index in [0.717, 1.165) is 56.2 Å². The topological polar surface area (TPSA) is 74.5 Å². The van der Waals surface area contributed by atoms with Gasteiger partial charge in [-0.05, 0) is 36.1 Å². The fourth-order valence-electron chi connectivity index (χ4n) is 4.11. The number of benzene rings is 2. The normalized spacial score (nSPS) is 16.3. The minimum atomic E-state index is 0.246. The second-order valence-corrected chi connectivity index (χ2v) is 8.40. The molecular formula is C26H32N6O. The Balaban J connectivity index is 1.17. The van der Waals surface area contributed by atoms with Crippen LogP contribution in [-0.4, -0.2) is 59.8 Å². The van der Waals surface area contributed by atoms with Crippen molar-refractivity contribution < 1.29 is 4.79 Å². The largest absolute Gasteiger partial charge is 0.356 e. The van der Waals surface area contributed by atoms with Gasteiger partial charge in [0.15, 0.2) is 5.96 Å². The SMILES string of the molecule is CN=C(NCCc1cnn(-c2ccccc2)c1)NCC1CC(=O)N(CCc2ccccc2)C1. The van der Waals surface area contributed by atoms with E-state index in [1.165, 1.54) is 5.56 Å². The molecule has 0 spiro atoms. The number of nitrogens with one attached hydrogen (secondary N) is 2. The molecule has 1 atom stereocenters. The molecule has 33 heavy (non-hydrogen) atoms. The number of amides is 1. The number of carbonyl (C=O) groups excluding carboxylic acids is 1. The summed E-state index contributed by atoms with van der Waals surface area (Å²) >= 11 is 0. The molecule has 1 amide bonds. The van der Waals surface area contributed by atoms with Crippen molar-refractivity contribution in [3.05, 3.63) is 84.2 Å². The highest BCUT2D eigenvalue weighted by Crippen LogP contribution is 2.17. The number of aromatic nitrogens is 2. The Kier molecular flexibility index (Phi) is 7.74. The fraction of sp³-hybridized carbons (Fsp3) is 0.346. The smallest absolute Gasteiger partial charge is 0.223 e. The van der Waals surface area contributed by atoms with Crippen LogP contribution in [0.4, 0.5) is 0 Å². The molecule has 0 saturated carbocycles. The Morgan fingerprint density at radius 2 is 1.79 bits per heavy atom. The molecule has 7 nitrogen and oxygen atoms in total. The third kappa shape index (κ3) is 6.44. The van der Waals surface area contributed by atoms with Gasteiger partial charge in [-0.3, -0.25) is 9.79 Å². The average molecular weight is 445 g/mol. The molecule has 4 rings (SSSR count). The van der Waals surface area contributed by atoms with Crippen LogP contribution in [0.5, 0.6) is 0 Å². The maximum Gasteiger partial charge on any atom is 0.223 e. The summed E-state index contributed by atoms with van der Waals surface area (Å²) in [4.78, 5) is 18.7. The number of nitrogens with zero attached hydrogens (tertiary/aromatic N) is 4. The number of aliphatic imine (C=N–C) groups is 1. The summed E-state index contributed by atoms with van der Waals surface area (Å²) < 4.78 is 1.89. The highest BCUT2D eigenvalue weighted by atomic mass is 16.2. The summed E-state index contributed by atoms with van der Waals surface area (Å²) in [6.45, 7) is 3.07. The Hall–Kier alpha value is -3.61. The van der Waals surface area contributed by atoms with Crippen molar-refractivity contribution in [1.82, 2.24) is 25.3 Å². The van der Waals surface area contributed by atoms with E-state index in [1.54, 1.807) is 7.05 Å². The number of hydrogen-bond donors (Lipinski definition) is 2. The van der Waals surface area contributed by atoms with Gasteiger partial charge in [0.25, 0.3) is 0 Å². The van der Waals surface area contributed by atoms with Crippen molar-refractivity contribution in [2.75, 3.05) is 33.2 Å². The van der Waals surface area contributed by atoms with E-state index in [4.69, 9.17) is 0 Å². The first kappa shape index (κ1) is 22.6. The zero-order valence-electron chi connectivity index (χ0n) is 19.2. The monoisotopic (exact) mass is 444 g/mol. The molecular weight excluding hydrogens is 412 g/mol. The molecule has 3 aromatic rings. The summed E-state index contributed by atoms with van der Waals surface area (Å²) in [6.07, 6.45) is 6.30. The quantitative estimate of drug-likeness (QED) is 0.393. The van der Waals surface area contributed by atoms with E-state index in [1.807, 2.05) is 64.3 Å².